The minimum Gasteiger partial charge on any atom is -0.325 e. The molecule has 4 nitrogen and oxygen atoms in total. The summed E-state index contributed by atoms with van der Waals surface area (Å²) >= 11 is 0. The molecule has 0 unspecified atom stereocenters. The maximum absolute atomic E-state index is 5.86. The van der Waals surface area contributed by atoms with Gasteiger partial charge in [-0.05, 0) is 37.5 Å². The lowest BCUT2D eigenvalue weighted by Gasteiger charge is -2.23. The van der Waals surface area contributed by atoms with Crippen LogP contribution in [0.3, 0.4) is 0 Å². The van der Waals surface area contributed by atoms with Crippen molar-refractivity contribution in [2.24, 2.45) is 5.73 Å². The Labute approximate surface area is 120 Å². The van der Waals surface area contributed by atoms with E-state index in [-0.39, 0.29) is 0 Å². The van der Waals surface area contributed by atoms with E-state index in [0.717, 1.165) is 11.4 Å². The number of aryl methyl sites for hydroxylation is 1. The molecule has 2 N–H and O–H groups in total. The first-order valence-electron chi connectivity index (χ1n) is 7.51. The highest BCUT2D eigenvalue weighted by molar-refractivity contribution is 5.37. The SMILES string of the molecule is Cc1cccc(-n2nnc(CN)c2C2CCCCC2)c1. The number of rotatable bonds is 3. The highest BCUT2D eigenvalue weighted by Gasteiger charge is 2.24. The second-order valence-corrected chi connectivity index (χ2v) is 5.71. The molecule has 0 amide bonds. The average Bonchev–Trinajstić information content (AvgIpc) is 2.92. The van der Waals surface area contributed by atoms with E-state index in [4.69, 9.17) is 5.73 Å². The van der Waals surface area contributed by atoms with Gasteiger partial charge in [-0.2, -0.15) is 0 Å². The fourth-order valence-electron chi connectivity index (χ4n) is 3.20. The molecule has 1 aromatic heterocycles. The number of hydrogen-bond donors (Lipinski definition) is 1. The third kappa shape index (κ3) is 2.48. The molecule has 1 saturated carbocycles. The summed E-state index contributed by atoms with van der Waals surface area (Å²) in [5.74, 6) is 0.554. The predicted octanol–water partition coefficient (Wildman–Crippen LogP) is 3.08. The van der Waals surface area contributed by atoms with Crippen molar-refractivity contribution in [3.63, 3.8) is 0 Å². The summed E-state index contributed by atoms with van der Waals surface area (Å²) in [5.41, 5.74) is 10.4. The zero-order valence-electron chi connectivity index (χ0n) is 12.0. The molecule has 2 aromatic rings. The molecule has 1 aliphatic rings. The highest BCUT2D eigenvalue weighted by atomic mass is 15.4. The van der Waals surface area contributed by atoms with Crippen LogP contribution in [0.15, 0.2) is 24.3 Å². The molecule has 1 heterocycles. The molecule has 106 valence electrons. The van der Waals surface area contributed by atoms with E-state index in [1.165, 1.54) is 43.4 Å². The predicted molar refractivity (Wildman–Crippen MR) is 79.8 cm³/mol. The van der Waals surface area contributed by atoms with Crippen LogP contribution in [0.5, 0.6) is 0 Å². The zero-order chi connectivity index (χ0) is 13.9. The molecule has 1 aromatic carbocycles. The molecule has 0 bridgehead atoms. The van der Waals surface area contributed by atoms with E-state index in [9.17, 15) is 0 Å². The Morgan fingerprint density at radius 2 is 2.05 bits per heavy atom. The monoisotopic (exact) mass is 270 g/mol. The fraction of sp³-hybridized carbons (Fsp3) is 0.500. The largest absolute Gasteiger partial charge is 0.325 e. The van der Waals surface area contributed by atoms with Gasteiger partial charge in [0.1, 0.15) is 5.69 Å². The third-order valence-electron chi connectivity index (χ3n) is 4.21. The van der Waals surface area contributed by atoms with Gasteiger partial charge in [0.25, 0.3) is 0 Å². The van der Waals surface area contributed by atoms with Crippen LogP contribution in [-0.4, -0.2) is 15.0 Å². The topological polar surface area (TPSA) is 56.7 Å². The standard InChI is InChI=1S/C16H22N4/c1-12-6-5-9-14(10-12)20-16(15(11-17)18-19-20)13-7-3-2-4-8-13/h5-6,9-10,13H,2-4,7-8,11,17H2,1H3. The highest BCUT2D eigenvalue weighted by Crippen LogP contribution is 2.34. The summed E-state index contributed by atoms with van der Waals surface area (Å²) in [4.78, 5) is 0. The Morgan fingerprint density at radius 3 is 2.75 bits per heavy atom. The lowest BCUT2D eigenvalue weighted by molar-refractivity contribution is 0.428. The first-order chi connectivity index (χ1) is 9.79. The third-order valence-corrected chi connectivity index (χ3v) is 4.21. The summed E-state index contributed by atoms with van der Waals surface area (Å²) in [7, 11) is 0. The van der Waals surface area contributed by atoms with Crippen molar-refractivity contribution in [3.05, 3.63) is 41.2 Å². The van der Waals surface area contributed by atoms with Crippen molar-refractivity contribution in [2.75, 3.05) is 0 Å². The lowest BCUT2D eigenvalue weighted by Crippen LogP contribution is -2.14. The smallest absolute Gasteiger partial charge is 0.100 e. The van der Waals surface area contributed by atoms with Crippen molar-refractivity contribution in [1.82, 2.24) is 15.0 Å². The second kappa shape index (κ2) is 5.75. The van der Waals surface area contributed by atoms with Crippen LogP contribution in [0.25, 0.3) is 5.69 Å². The maximum Gasteiger partial charge on any atom is 0.100 e. The Kier molecular flexibility index (Phi) is 3.83. The number of benzene rings is 1. The van der Waals surface area contributed by atoms with Gasteiger partial charge in [-0.25, -0.2) is 4.68 Å². The first kappa shape index (κ1) is 13.3. The molecule has 4 heteroatoms. The summed E-state index contributed by atoms with van der Waals surface area (Å²) in [6, 6.07) is 8.42. The van der Waals surface area contributed by atoms with Gasteiger partial charge in [0, 0.05) is 12.5 Å². The fourth-order valence-corrected chi connectivity index (χ4v) is 3.20. The van der Waals surface area contributed by atoms with E-state index in [0.29, 0.717) is 12.5 Å². The zero-order valence-corrected chi connectivity index (χ0v) is 12.0. The summed E-state index contributed by atoms with van der Waals surface area (Å²) < 4.78 is 2.01. The van der Waals surface area contributed by atoms with Crippen LogP contribution in [0, 0.1) is 6.92 Å². The van der Waals surface area contributed by atoms with Crippen LogP contribution >= 0.6 is 0 Å². The molecule has 0 aliphatic heterocycles. The molecular weight excluding hydrogens is 248 g/mol. The Balaban J connectivity index is 2.04. The molecule has 1 aliphatic carbocycles. The van der Waals surface area contributed by atoms with Crippen LogP contribution in [-0.2, 0) is 6.54 Å². The van der Waals surface area contributed by atoms with Gasteiger partial charge in [0.05, 0.1) is 11.4 Å². The molecule has 1 fully saturated rings. The molecule has 0 radical (unpaired) electrons. The molecular formula is C16H22N4. The molecule has 20 heavy (non-hydrogen) atoms. The number of nitrogens with zero attached hydrogens (tertiary/aromatic N) is 3. The van der Waals surface area contributed by atoms with Gasteiger partial charge >= 0.3 is 0 Å². The quantitative estimate of drug-likeness (QED) is 0.932. The maximum atomic E-state index is 5.86. The van der Waals surface area contributed by atoms with E-state index in [2.05, 4.69) is 41.5 Å². The summed E-state index contributed by atoms with van der Waals surface area (Å²) in [5, 5.41) is 8.66. The number of aromatic nitrogens is 3. The molecule has 3 rings (SSSR count). The van der Waals surface area contributed by atoms with Crippen molar-refractivity contribution in [2.45, 2.75) is 51.5 Å². The molecule has 0 saturated heterocycles. The van der Waals surface area contributed by atoms with Crippen molar-refractivity contribution < 1.29 is 0 Å². The minimum absolute atomic E-state index is 0.470. The van der Waals surface area contributed by atoms with Crippen molar-refractivity contribution in [1.29, 1.82) is 0 Å². The summed E-state index contributed by atoms with van der Waals surface area (Å²) in [6.07, 6.45) is 6.40. The molecule has 0 atom stereocenters. The van der Waals surface area contributed by atoms with Gasteiger partial charge in [-0.1, -0.05) is 36.6 Å². The van der Waals surface area contributed by atoms with E-state index < -0.39 is 0 Å². The second-order valence-electron chi connectivity index (χ2n) is 5.71. The van der Waals surface area contributed by atoms with E-state index in [1.54, 1.807) is 0 Å². The van der Waals surface area contributed by atoms with Gasteiger partial charge in [-0.3, -0.25) is 0 Å². The first-order valence-corrected chi connectivity index (χ1v) is 7.51. The van der Waals surface area contributed by atoms with Crippen LogP contribution < -0.4 is 5.73 Å². The normalized spacial score (nSPS) is 16.5. The van der Waals surface area contributed by atoms with E-state index >= 15 is 0 Å². The number of nitrogens with two attached hydrogens (primary N) is 1. The van der Waals surface area contributed by atoms with Crippen LogP contribution in [0.4, 0.5) is 0 Å². The summed E-state index contributed by atoms with van der Waals surface area (Å²) in [6.45, 7) is 2.57. The van der Waals surface area contributed by atoms with Crippen molar-refractivity contribution in [3.8, 4) is 5.69 Å². The van der Waals surface area contributed by atoms with Gasteiger partial charge in [0.2, 0.25) is 0 Å². The lowest BCUT2D eigenvalue weighted by atomic mass is 9.86. The van der Waals surface area contributed by atoms with E-state index in [1.807, 2.05) is 4.68 Å². The van der Waals surface area contributed by atoms with Crippen molar-refractivity contribution >= 4 is 0 Å². The average molecular weight is 270 g/mol. The van der Waals surface area contributed by atoms with Gasteiger partial charge in [0.15, 0.2) is 0 Å². The minimum atomic E-state index is 0.470. The molecule has 0 spiro atoms. The Morgan fingerprint density at radius 1 is 1.25 bits per heavy atom. The van der Waals surface area contributed by atoms with Gasteiger partial charge < -0.3 is 5.73 Å². The van der Waals surface area contributed by atoms with Gasteiger partial charge in [-0.15, -0.1) is 5.10 Å². The van der Waals surface area contributed by atoms with Crippen LogP contribution in [0.2, 0.25) is 0 Å². The Hall–Kier alpha value is -1.68. The van der Waals surface area contributed by atoms with Crippen LogP contribution in [0.1, 0.15) is 55.0 Å². The Bertz CT molecular complexity index is 582. The number of hydrogen-bond acceptors (Lipinski definition) is 3.